The van der Waals surface area contributed by atoms with Crippen LogP contribution < -0.4 is 5.73 Å². The molecule has 0 spiro atoms. The van der Waals surface area contributed by atoms with Crippen LogP contribution in [0.2, 0.25) is 0 Å². The molecule has 1 aromatic rings. The molecule has 17 heavy (non-hydrogen) atoms. The van der Waals surface area contributed by atoms with Crippen LogP contribution in [0.25, 0.3) is 0 Å². The molecule has 0 bridgehead atoms. The van der Waals surface area contributed by atoms with Crippen molar-refractivity contribution >= 4 is 11.7 Å². The first-order valence-corrected chi connectivity index (χ1v) is 5.85. The fourth-order valence-corrected chi connectivity index (χ4v) is 1.59. The maximum absolute atomic E-state index is 11.6. The van der Waals surface area contributed by atoms with Crippen LogP contribution in [0.15, 0.2) is 18.2 Å². The van der Waals surface area contributed by atoms with E-state index in [2.05, 4.69) is 0 Å². The zero-order chi connectivity index (χ0) is 13.1. The fraction of sp³-hybridized carbons (Fsp3) is 0.500. The fourth-order valence-electron chi connectivity index (χ4n) is 1.59. The lowest BCUT2D eigenvalue weighted by Crippen LogP contribution is -2.24. The molecule has 0 saturated carbocycles. The van der Waals surface area contributed by atoms with Gasteiger partial charge in [0.1, 0.15) is 5.60 Å². The van der Waals surface area contributed by atoms with E-state index in [9.17, 15) is 4.79 Å². The zero-order valence-electron chi connectivity index (χ0n) is 11.0. The summed E-state index contributed by atoms with van der Waals surface area (Å²) in [7, 11) is 0. The highest BCUT2D eigenvalue weighted by atomic mass is 16.6. The van der Waals surface area contributed by atoms with Gasteiger partial charge >= 0.3 is 5.97 Å². The molecule has 0 amide bonds. The number of hydrogen-bond donors (Lipinski definition) is 1. The highest BCUT2D eigenvalue weighted by molar-refractivity contribution is 5.70. The van der Waals surface area contributed by atoms with Crippen molar-refractivity contribution in [2.45, 2.75) is 46.1 Å². The summed E-state index contributed by atoms with van der Waals surface area (Å²) in [6, 6.07) is 5.87. The van der Waals surface area contributed by atoms with Crippen LogP contribution >= 0.6 is 0 Å². The predicted molar refractivity (Wildman–Crippen MR) is 69.8 cm³/mol. The summed E-state index contributed by atoms with van der Waals surface area (Å²) in [5, 5.41) is 0. The summed E-state index contributed by atoms with van der Waals surface area (Å²) in [4.78, 5) is 11.6. The van der Waals surface area contributed by atoms with E-state index < -0.39 is 5.60 Å². The third-order valence-corrected chi connectivity index (χ3v) is 2.43. The van der Waals surface area contributed by atoms with Crippen LogP contribution in [0.4, 0.5) is 5.69 Å². The van der Waals surface area contributed by atoms with Gasteiger partial charge in [-0.1, -0.05) is 18.2 Å². The monoisotopic (exact) mass is 235 g/mol. The Morgan fingerprint density at radius 2 is 2.00 bits per heavy atom. The summed E-state index contributed by atoms with van der Waals surface area (Å²) >= 11 is 0. The maximum Gasteiger partial charge on any atom is 0.306 e. The number of benzene rings is 1. The molecule has 3 nitrogen and oxygen atoms in total. The quantitative estimate of drug-likeness (QED) is 0.647. The molecular formula is C14H21NO2. The number of para-hydroxylation sites is 1. The van der Waals surface area contributed by atoms with Gasteiger partial charge < -0.3 is 10.5 Å². The first-order chi connectivity index (χ1) is 7.79. The van der Waals surface area contributed by atoms with E-state index in [1.807, 2.05) is 45.9 Å². The van der Waals surface area contributed by atoms with Crippen molar-refractivity contribution in [3.63, 3.8) is 0 Å². The molecule has 0 radical (unpaired) electrons. The number of anilines is 1. The van der Waals surface area contributed by atoms with Crippen molar-refractivity contribution in [2.75, 3.05) is 5.73 Å². The van der Waals surface area contributed by atoms with Crippen molar-refractivity contribution in [3.05, 3.63) is 29.3 Å². The zero-order valence-corrected chi connectivity index (χ0v) is 11.0. The lowest BCUT2D eigenvalue weighted by Gasteiger charge is -2.19. The Balaban J connectivity index is 2.56. The van der Waals surface area contributed by atoms with Crippen molar-refractivity contribution in [2.24, 2.45) is 0 Å². The third kappa shape index (κ3) is 4.47. The van der Waals surface area contributed by atoms with Gasteiger partial charge in [0.25, 0.3) is 0 Å². The van der Waals surface area contributed by atoms with Crippen LogP contribution in [0.1, 0.15) is 38.3 Å². The normalized spacial score (nSPS) is 11.3. The van der Waals surface area contributed by atoms with Gasteiger partial charge in [-0.25, -0.2) is 0 Å². The second-order valence-electron chi connectivity index (χ2n) is 5.23. The van der Waals surface area contributed by atoms with Crippen LogP contribution in [-0.4, -0.2) is 11.6 Å². The Hall–Kier alpha value is -1.51. The predicted octanol–water partition coefficient (Wildman–Crippen LogP) is 2.85. The minimum Gasteiger partial charge on any atom is -0.460 e. The van der Waals surface area contributed by atoms with E-state index in [-0.39, 0.29) is 5.97 Å². The number of nitrogens with two attached hydrogens (primary N) is 1. The summed E-state index contributed by atoms with van der Waals surface area (Å²) in [5.74, 6) is -0.182. The molecule has 1 aromatic carbocycles. The van der Waals surface area contributed by atoms with Gasteiger partial charge in [0.2, 0.25) is 0 Å². The Bertz CT molecular complexity index is 405. The minimum atomic E-state index is -0.421. The smallest absolute Gasteiger partial charge is 0.306 e. The Kier molecular flexibility index (Phi) is 4.16. The molecule has 0 unspecified atom stereocenters. The van der Waals surface area contributed by atoms with Crippen LogP contribution in [0.5, 0.6) is 0 Å². The van der Waals surface area contributed by atoms with E-state index >= 15 is 0 Å². The van der Waals surface area contributed by atoms with E-state index in [1.54, 1.807) is 0 Å². The number of carbonyl (C=O) groups excluding carboxylic acids is 1. The molecule has 1 rings (SSSR count). The van der Waals surface area contributed by atoms with Gasteiger partial charge in [-0.15, -0.1) is 0 Å². The molecule has 94 valence electrons. The SMILES string of the molecule is Cc1cccc(CCC(=O)OC(C)(C)C)c1N. The summed E-state index contributed by atoms with van der Waals surface area (Å²) in [6.07, 6.45) is 0.993. The largest absolute Gasteiger partial charge is 0.460 e. The minimum absolute atomic E-state index is 0.182. The number of aryl methyl sites for hydroxylation is 2. The van der Waals surface area contributed by atoms with Gasteiger partial charge in [-0.3, -0.25) is 4.79 Å². The standard InChI is InChI=1S/C14H21NO2/c1-10-6-5-7-11(13(10)15)8-9-12(16)17-14(2,3)4/h5-7H,8-9,15H2,1-4H3. The second kappa shape index (κ2) is 5.21. The average molecular weight is 235 g/mol. The van der Waals surface area contributed by atoms with Crippen LogP contribution in [0, 0.1) is 6.92 Å². The van der Waals surface area contributed by atoms with E-state index in [0.717, 1.165) is 16.8 Å². The molecule has 0 heterocycles. The van der Waals surface area contributed by atoms with Gasteiger partial charge in [0.15, 0.2) is 0 Å². The Labute approximate surface area is 103 Å². The van der Waals surface area contributed by atoms with Crippen molar-refractivity contribution in [1.82, 2.24) is 0 Å². The lowest BCUT2D eigenvalue weighted by molar-refractivity contribution is -0.154. The molecule has 0 saturated heterocycles. The van der Waals surface area contributed by atoms with Crippen LogP contribution in [-0.2, 0) is 16.0 Å². The average Bonchev–Trinajstić information content (AvgIpc) is 2.18. The summed E-state index contributed by atoms with van der Waals surface area (Å²) in [6.45, 7) is 7.57. The van der Waals surface area contributed by atoms with Gasteiger partial charge in [0.05, 0.1) is 0 Å². The third-order valence-electron chi connectivity index (χ3n) is 2.43. The molecular weight excluding hydrogens is 214 g/mol. The number of hydrogen-bond acceptors (Lipinski definition) is 3. The molecule has 2 N–H and O–H groups in total. The number of esters is 1. The summed E-state index contributed by atoms with van der Waals surface area (Å²) < 4.78 is 5.25. The van der Waals surface area contributed by atoms with Gasteiger partial charge in [-0.05, 0) is 45.2 Å². The molecule has 0 aliphatic carbocycles. The van der Waals surface area contributed by atoms with Crippen molar-refractivity contribution < 1.29 is 9.53 Å². The first kappa shape index (κ1) is 13.6. The maximum atomic E-state index is 11.6. The van der Waals surface area contributed by atoms with Gasteiger partial charge in [0, 0.05) is 12.1 Å². The lowest BCUT2D eigenvalue weighted by atomic mass is 10.0. The topological polar surface area (TPSA) is 52.3 Å². The van der Waals surface area contributed by atoms with E-state index in [1.165, 1.54) is 0 Å². The first-order valence-electron chi connectivity index (χ1n) is 5.85. The number of rotatable bonds is 3. The Morgan fingerprint density at radius 3 is 2.59 bits per heavy atom. The molecule has 3 heteroatoms. The number of carbonyl (C=O) groups is 1. The molecule has 0 atom stereocenters. The Morgan fingerprint density at radius 1 is 1.35 bits per heavy atom. The molecule has 0 aliphatic rings. The van der Waals surface area contributed by atoms with E-state index in [4.69, 9.17) is 10.5 Å². The van der Waals surface area contributed by atoms with Crippen LogP contribution in [0.3, 0.4) is 0 Å². The van der Waals surface area contributed by atoms with Crippen molar-refractivity contribution in [1.29, 1.82) is 0 Å². The van der Waals surface area contributed by atoms with E-state index in [0.29, 0.717) is 12.8 Å². The van der Waals surface area contributed by atoms with Crippen molar-refractivity contribution in [3.8, 4) is 0 Å². The molecule has 0 fully saturated rings. The highest BCUT2D eigenvalue weighted by Gasteiger charge is 2.16. The van der Waals surface area contributed by atoms with Gasteiger partial charge in [-0.2, -0.15) is 0 Å². The molecule has 0 aliphatic heterocycles. The number of nitrogen functional groups attached to an aromatic ring is 1. The highest BCUT2D eigenvalue weighted by Crippen LogP contribution is 2.18. The summed E-state index contributed by atoms with van der Waals surface area (Å²) in [5.41, 5.74) is 8.35. The second-order valence-corrected chi connectivity index (χ2v) is 5.23. The number of ether oxygens (including phenoxy) is 1. The molecule has 0 aromatic heterocycles.